The van der Waals surface area contributed by atoms with E-state index in [0.717, 1.165) is 50.0 Å². The summed E-state index contributed by atoms with van der Waals surface area (Å²) < 4.78 is 5.42. The molecule has 0 radical (unpaired) electrons. The van der Waals surface area contributed by atoms with E-state index in [2.05, 4.69) is 44.1 Å². The van der Waals surface area contributed by atoms with Crippen LogP contribution in [0.2, 0.25) is 0 Å². The van der Waals surface area contributed by atoms with Crippen LogP contribution >= 0.6 is 35.3 Å². The van der Waals surface area contributed by atoms with Crippen LogP contribution in [0.5, 0.6) is 0 Å². The zero-order chi connectivity index (χ0) is 19.0. The predicted octanol–water partition coefficient (Wildman–Crippen LogP) is 3.91. The first-order valence-corrected chi connectivity index (χ1v) is 10.5. The molecule has 1 atom stereocenters. The Bertz CT molecular complexity index is 855. The van der Waals surface area contributed by atoms with E-state index in [9.17, 15) is 0 Å². The molecule has 0 bridgehead atoms. The van der Waals surface area contributed by atoms with Crippen LogP contribution in [0.25, 0.3) is 0 Å². The topological polar surface area (TPSA) is 65.7 Å². The van der Waals surface area contributed by atoms with Gasteiger partial charge >= 0.3 is 0 Å². The smallest absolute Gasteiger partial charge is 0.191 e. The number of nitrogens with zero attached hydrogens (tertiary/aromatic N) is 3. The highest BCUT2D eigenvalue weighted by molar-refractivity contribution is 14.0. The van der Waals surface area contributed by atoms with Crippen molar-refractivity contribution < 1.29 is 4.42 Å². The van der Waals surface area contributed by atoms with Crippen LogP contribution in [0.15, 0.2) is 69.7 Å². The fourth-order valence-corrected chi connectivity index (χ4v) is 3.92. The molecule has 0 spiro atoms. The van der Waals surface area contributed by atoms with Crippen LogP contribution in [0.1, 0.15) is 17.1 Å². The molecule has 1 saturated heterocycles. The van der Waals surface area contributed by atoms with Crippen molar-refractivity contribution >= 4 is 47.1 Å². The van der Waals surface area contributed by atoms with Gasteiger partial charge in [0.2, 0.25) is 0 Å². The molecule has 4 rings (SSSR count). The van der Waals surface area contributed by atoms with Gasteiger partial charge in [-0.2, -0.15) is 0 Å². The summed E-state index contributed by atoms with van der Waals surface area (Å²) in [6.07, 6.45) is 5.45. The predicted molar refractivity (Wildman–Crippen MR) is 129 cm³/mol. The van der Waals surface area contributed by atoms with Crippen LogP contribution in [0.3, 0.4) is 0 Å². The van der Waals surface area contributed by atoms with E-state index < -0.39 is 0 Å². The Balaban J connectivity index is 0.00000240. The first kappa shape index (κ1) is 21.6. The third-order valence-corrected chi connectivity index (χ3v) is 5.58. The van der Waals surface area contributed by atoms with Crippen molar-refractivity contribution in [2.24, 2.45) is 4.99 Å². The van der Waals surface area contributed by atoms with Gasteiger partial charge in [0.25, 0.3) is 0 Å². The van der Waals surface area contributed by atoms with E-state index in [4.69, 9.17) is 9.41 Å². The van der Waals surface area contributed by atoms with Gasteiger partial charge in [0.1, 0.15) is 11.6 Å². The summed E-state index contributed by atoms with van der Waals surface area (Å²) in [5.41, 5.74) is 0. The van der Waals surface area contributed by atoms with Gasteiger partial charge in [-0.05, 0) is 42.1 Å². The first-order valence-electron chi connectivity index (χ1n) is 9.62. The molecule has 3 aromatic rings. The molecule has 1 unspecified atom stereocenters. The number of furan rings is 1. The minimum absolute atomic E-state index is 0. The van der Waals surface area contributed by atoms with Gasteiger partial charge in [0.15, 0.2) is 5.96 Å². The van der Waals surface area contributed by atoms with Gasteiger partial charge in [-0.15, -0.1) is 35.3 Å². The van der Waals surface area contributed by atoms with E-state index in [0.29, 0.717) is 12.6 Å². The second-order valence-corrected chi connectivity index (χ2v) is 7.80. The van der Waals surface area contributed by atoms with Crippen molar-refractivity contribution in [2.75, 3.05) is 24.5 Å². The SMILES string of the molecule is I.c1ccc(N2CCC(NC(=NCc3cccs3)NCCc3ccco3)C2)nc1. The van der Waals surface area contributed by atoms with Gasteiger partial charge in [-0.3, -0.25) is 0 Å². The third kappa shape index (κ3) is 6.46. The fraction of sp³-hybridized carbons (Fsp3) is 0.333. The molecule has 1 aliphatic rings. The van der Waals surface area contributed by atoms with Crippen molar-refractivity contribution in [1.82, 2.24) is 15.6 Å². The van der Waals surface area contributed by atoms with Crippen LogP contribution in [0.4, 0.5) is 5.82 Å². The van der Waals surface area contributed by atoms with Crippen LogP contribution in [0, 0.1) is 0 Å². The molecule has 154 valence electrons. The second kappa shape index (κ2) is 11.2. The van der Waals surface area contributed by atoms with E-state index in [1.165, 1.54) is 4.88 Å². The summed E-state index contributed by atoms with van der Waals surface area (Å²) in [5.74, 6) is 2.87. The monoisotopic (exact) mass is 523 g/mol. The number of anilines is 1. The van der Waals surface area contributed by atoms with Crippen molar-refractivity contribution in [3.8, 4) is 0 Å². The standard InChI is InChI=1S/C21H25N5OS.HI/c1-2-10-22-20(7-1)26-12-9-17(16-26)25-21(24-15-19-6-4-14-28-19)23-11-8-18-5-3-13-27-18;/h1-7,10,13-14,17H,8-9,11-12,15-16H2,(H2,23,24,25);1H. The number of hydrogen-bond donors (Lipinski definition) is 2. The Morgan fingerprint density at radius 1 is 1.24 bits per heavy atom. The molecule has 4 heterocycles. The number of rotatable bonds is 7. The minimum Gasteiger partial charge on any atom is -0.469 e. The Labute approximate surface area is 192 Å². The number of pyridine rings is 1. The third-order valence-electron chi connectivity index (χ3n) is 4.72. The molecule has 0 aromatic carbocycles. The molecule has 2 N–H and O–H groups in total. The van der Waals surface area contributed by atoms with E-state index in [1.54, 1.807) is 17.6 Å². The number of nitrogens with one attached hydrogen (secondary N) is 2. The zero-order valence-electron chi connectivity index (χ0n) is 16.2. The quantitative estimate of drug-likeness (QED) is 0.279. The lowest BCUT2D eigenvalue weighted by molar-refractivity contribution is 0.506. The highest BCUT2D eigenvalue weighted by Gasteiger charge is 2.24. The lowest BCUT2D eigenvalue weighted by Gasteiger charge is -2.19. The van der Waals surface area contributed by atoms with Crippen molar-refractivity contribution in [3.05, 3.63) is 70.9 Å². The van der Waals surface area contributed by atoms with Gasteiger partial charge < -0.3 is 20.0 Å². The molecule has 0 amide bonds. The lowest BCUT2D eigenvalue weighted by Crippen LogP contribution is -2.45. The molecule has 0 saturated carbocycles. The Morgan fingerprint density at radius 3 is 2.97 bits per heavy atom. The van der Waals surface area contributed by atoms with Crippen molar-refractivity contribution in [1.29, 1.82) is 0 Å². The Kier molecular flexibility index (Phi) is 8.36. The second-order valence-electron chi connectivity index (χ2n) is 6.76. The maximum absolute atomic E-state index is 5.42. The van der Waals surface area contributed by atoms with E-state index in [-0.39, 0.29) is 24.0 Å². The first-order chi connectivity index (χ1) is 13.9. The average Bonchev–Trinajstić information content (AvgIpc) is 3.49. The summed E-state index contributed by atoms with van der Waals surface area (Å²) in [4.78, 5) is 12.8. The van der Waals surface area contributed by atoms with Crippen molar-refractivity contribution in [3.63, 3.8) is 0 Å². The fourth-order valence-electron chi connectivity index (χ4n) is 3.29. The average molecular weight is 523 g/mol. The van der Waals surface area contributed by atoms with Gasteiger partial charge in [-0.1, -0.05) is 12.1 Å². The minimum atomic E-state index is 0. The highest BCUT2D eigenvalue weighted by Crippen LogP contribution is 2.17. The number of aromatic nitrogens is 1. The molecule has 8 heteroatoms. The summed E-state index contributed by atoms with van der Waals surface area (Å²) in [7, 11) is 0. The maximum Gasteiger partial charge on any atom is 0.191 e. The summed E-state index contributed by atoms with van der Waals surface area (Å²) >= 11 is 1.73. The molecule has 6 nitrogen and oxygen atoms in total. The number of aliphatic imine (C=N–C) groups is 1. The Morgan fingerprint density at radius 2 is 2.21 bits per heavy atom. The largest absolute Gasteiger partial charge is 0.469 e. The number of hydrogen-bond acceptors (Lipinski definition) is 5. The van der Waals surface area contributed by atoms with Gasteiger partial charge in [0, 0.05) is 43.2 Å². The number of halogens is 1. The normalized spacial score (nSPS) is 16.5. The highest BCUT2D eigenvalue weighted by atomic mass is 127. The van der Waals surface area contributed by atoms with Crippen LogP contribution < -0.4 is 15.5 Å². The zero-order valence-corrected chi connectivity index (χ0v) is 19.3. The number of guanidine groups is 1. The van der Waals surface area contributed by atoms with E-state index >= 15 is 0 Å². The summed E-state index contributed by atoms with van der Waals surface area (Å²) in [6.45, 7) is 3.39. The summed E-state index contributed by atoms with van der Waals surface area (Å²) in [6, 6.07) is 14.5. The van der Waals surface area contributed by atoms with Gasteiger partial charge in [-0.25, -0.2) is 9.98 Å². The van der Waals surface area contributed by atoms with Crippen LogP contribution in [-0.4, -0.2) is 36.6 Å². The van der Waals surface area contributed by atoms with Crippen LogP contribution in [-0.2, 0) is 13.0 Å². The van der Waals surface area contributed by atoms with E-state index in [1.807, 2.05) is 30.5 Å². The summed E-state index contributed by atoms with van der Waals surface area (Å²) in [5, 5.41) is 9.14. The molecular formula is C21H26IN5OS. The Hall–Kier alpha value is -2.07. The molecule has 1 fully saturated rings. The van der Waals surface area contributed by atoms with Gasteiger partial charge in [0.05, 0.1) is 12.8 Å². The molecule has 1 aliphatic heterocycles. The molecule has 3 aromatic heterocycles. The number of thiophene rings is 1. The molecule has 0 aliphatic carbocycles. The lowest BCUT2D eigenvalue weighted by atomic mass is 10.3. The van der Waals surface area contributed by atoms with Crippen molar-refractivity contribution in [2.45, 2.75) is 25.4 Å². The molecular weight excluding hydrogens is 497 g/mol. The maximum atomic E-state index is 5.42. The molecule has 29 heavy (non-hydrogen) atoms.